The van der Waals surface area contributed by atoms with Crippen LogP contribution < -0.4 is 124 Å². The van der Waals surface area contributed by atoms with Gasteiger partial charge in [-0.3, -0.25) is 28.8 Å². The van der Waals surface area contributed by atoms with E-state index in [2.05, 4.69) is 21.7 Å². The summed E-state index contributed by atoms with van der Waals surface area (Å²) in [6.45, 7) is 1.88. The number of nitrogens with zero attached hydrogens (tertiary/aromatic N) is 1. The molecule has 3 amide bonds. The minimum absolute atomic E-state index is 0. The zero-order chi connectivity index (χ0) is 32.8. The van der Waals surface area contributed by atoms with Crippen LogP contribution in [0.1, 0.15) is 56.4 Å². The first-order valence-corrected chi connectivity index (χ1v) is 16.2. The summed E-state index contributed by atoms with van der Waals surface area (Å²) >= 11 is 0. The Morgan fingerprint density at radius 1 is 0.957 bits per heavy atom. The van der Waals surface area contributed by atoms with Crippen LogP contribution in [-0.2, 0) is 20.2 Å². The number of carbonyl (C=O) groups excluding carboxylic acids is 3. The molecule has 6 rings (SSSR count). The number of amides is 3. The summed E-state index contributed by atoms with van der Waals surface area (Å²) in [5, 5.41) is 18.8. The second-order valence-electron chi connectivity index (χ2n) is 10.2. The van der Waals surface area contributed by atoms with Crippen LogP contribution >= 0.6 is 0 Å². The molecular weight excluding hydrogens is 707 g/mol. The number of hydrogen-bond acceptors (Lipinski definition) is 10. The Bertz CT molecular complexity index is 2210. The van der Waals surface area contributed by atoms with Gasteiger partial charge in [0.2, 0.25) is 0 Å². The standard InChI is InChI=1S/C17H18N3O8S2.C12H7NO2.2K/c1-2-3-8(18)7-19-14-11-6-9(29(23,24)25)4-5-10(11)12-13(15(14)30(26,27)28)17(22)20-16(12)21;14-11-9-6-5-7-3-1-2-4-8(7)10(9)12(15)13-11;;/h4,6,8,19H,2-3,7,18H2,1H3,(H,20,21,22)(H,23,24,25)(H,26,27,28);1-6H,(H,13,14,15);;/q-1;;2*+1/p-1. The summed E-state index contributed by atoms with van der Waals surface area (Å²) in [6, 6.07) is 14.9. The van der Waals surface area contributed by atoms with Crippen LogP contribution in [0.4, 0.5) is 5.69 Å². The molecule has 4 aromatic carbocycles. The molecule has 4 aromatic rings. The number of carbonyl (C=O) groups is 3. The van der Waals surface area contributed by atoms with Crippen molar-refractivity contribution in [2.45, 2.75) is 35.6 Å². The van der Waals surface area contributed by atoms with Gasteiger partial charge in [-0.25, -0.2) is 13.4 Å². The monoisotopic (exact) mass is 730 g/mol. The van der Waals surface area contributed by atoms with Gasteiger partial charge in [-0.2, -0.15) is 8.42 Å². The second-order valence-corrected chi connectivity index (χ2v) is 13.0. The van der Waals surface area contributed by atoms with E-state index >= 15 is 0 Å². The van der Waals surface area contributed by atoms with Crippen molar-refractivity contribution in [1.29, 1.82) is 0 Å². The van der Waals surface area contributed by atoms with Gasteiger partial charge in [-0.05, 0) is 29.2 Å². The van der Waals surface area contributed by atoms with Gasteiger partial charge in [-0.15, -0.1) is 23.6 Å². The molecule has 2 aliphatic rings. The van der Waals surface area contributed by atoms with E-state index < -0.39 is 59.0 Å². The van der Waals surface area contributed by atoms with E-state index in [1.807, 2.05) is 37.3 Å². The fourth-order valence-electron chi connectivity index (χ4n) is 5.22. The molecule has 234 valence electrons. The molecule has 47 heavy (non-hydrogen) atoms. The summed E-state index contributed by atoms with van der Waals surface area (Å²) in [5.74, 6) is -2.83. The van der Waals surface area contributed by atoms with Crippen molar-refractivity contribution in [3.8, 4) is 0 Å². The third-order valence-electron chi connectivity index (χ3n) is 7.15. The number of benzene rings is 4. The second kappa shape index (κ2) is 15.6. The average Bonchev–Trinajstić information content (AvgIpc) is 3.43. The predicted molar refractivity (Wildman–Crippen MR) is 160 cm³/mol. The van der Waals surface area contributed by atoms with Crippen molar-refractivity contribution >= 4 is 71.1 Å². The third-order valence-corrected chi connectivity index (χ3v) is 8.91. The molecule has 0 fully saturated rings. The van der Waals surface area contributed by atoms with Crippen LogP contribution in [0, 0.1) is 6.07 Å². The van der Waals surface area contributed by atoms with E-state index in [9.17, 15) is 45.4 Å². The zero-order valence-corrected chi connectivity index (χ0v) is 33.2. The molecule has 0 saturated carbocycles. The van der Waals surface area contributed by atoms with Gasteiger partial charge >= 0.3 is 103 Å². The molecule has 2 heterocycles. The van der Waals surface area contributed by atoms with Gasteiger partial charge in [0, 0.05) is 28.7 Å². The van der Waals surface area contributed by atoms with Crippen molar-refractivity contribution < 1.29 is 148 Å². The molecule has 0 saturated heterocycles. The molecule has 0 spiro atoms. The van der Waals surface area contributed by atoms with Crippen molar-refractivity contribution in [2.75, 3.05) is 11.9 Å². The first-order valence-electron chi connectivity index (χ1n) is 13.3. The van der Waals surface area contributed by atoms with Gasteiger partial charge in [0.05, 0.1) is 11.1 Å². The summed E-state index contributed by atoms with van der Waals surface area (Å²) in [6.07, 6.45) is 1.29. The van der Waals surface area contributed by atoms with E-state index in [0.29, 0.717) is 17.5 Å². The first kappa shape index (κ1) is 40.0. The fraction of sp³-hybridized carbons (Fsp3) is 0.172. The topological polar surface area (TPSA) is 245 Å². The number of anilines is 1. The maximum absolute atomic E-state index is 12.2. The SMILES string of the molecule is CCCC(N)CNc1c(S(=O)(=O)O)c2c(c3[c-]cc(S(=O)(=O)O)cc13)C([O-])=NC2=O.O=C1NC(=O)c2c1ccc1ccccc21.[K+].[K+]. The Morgan fingerprint density at radius 2 is 1.64 bits per heavy atom. The summed E-state index contributed by atoms with van der Waals surface area (Å²) < 4.78 is 66.6. The van der Waals surface area contributed by atoms with Crippen molar-refractivity contribution in [3.63, 3.8) is 0 Å². The normalized spacial score (nSPS) is 14.2. The Kier molecular flexibility index (Phi) is 13.3. The van der Waals surface area contributed by atoms with Gasteiger partial charge in [0.15, 0.2) is 0 Å². The fourth-order valence-corrected chi connectivity index (χ4v) is 6.58. The molecule has 18 heteroatoms. The molecule has 0 aromatic heterocycles. The number of nitrogens with two attached hydrogens (primary N) is 1. The van der Waals surface area contributed by atoms with Crippen LogP contribution in [-0.4, -0.2) is 62.1 Å². The van der Waals surface area contributed by atoms with Crippen molar-refractivity contribution in [2.24, 2.45) is 10.7 Å². The molecule has 0 radical (unpaired) electrons. The van der Waals surface area contributed by atoms with Gasteiger partial charge in [0.1, 0.15) is 4.90 Å². The zero-order valence-electron chi connectivity index (χ0n) is 25.3. The number of rotatable bonds is 7. The molecule has 14 nitrogen and oxygen atoms in total. The maximum Gasteiger partial charge on any atom is 1.00 e. The molecule has 0 bridgehead atoms. The molecule has 1 atom stereocenters. The minimum Gasteiger partial charge on any atom is -0.865 e. The molecule has 0 aliphatic carbocycles. The average molecular weight is 731 g/mol. The van der Waals surface area contributed by atoms with E-state index in [4.69, 9.17) is 5.73 Å². The van der Waals surface area contributed by atoms with Gasteiger partial charge < -0.3 is 16.2 Å². The van der Waals surface area contributed by atoms with Gasteiger partial charge in [-0.1, -0.05) is 54.6 Å². The van der Waals surface area contributed by atoms with Crippen molar-refractivity contribution in [3.05, 3.63) is 76.9 Å². The minimum atomic E-state index is -5.08. The predicted octanol–water partition coefficient (Wildman–Crippen LogP) is -4.34. The van der Waals surface area contributed by atoms with Crippen LogP contribution in [0.15, 0.2) is 63.3 Å². The summed E-state index contributed by atoms with van der Waals surface area (Å²) in [4.78, 5) is 36.9. The number of nitrogens with one attached hydrogen (secondary N) is 2. The number of imide groups is 1. The number of fused-ring (bicyclic) bond motifs is 6. The van der Waals surface area contributed by atoms with Gasteiger partial charge in [0.25, 0.3) is 38.0 Å². The molecular formula is C29H24K2N4O10S2. The Morgan fingerprint density at radius 3 is 2.28 bits per heavy atom. The van der Waals surface area contributed by atoms with Crippen LogP contribution in [0.5, 0.6) is 0 Å². The van der Waals surface area contributed by atoms with E-state index in [0.717, 1.165) is 29.3 Å². The van der Waals surface area contributed by atoms with Crippen LogP contribution in [0.3, 0.4) is 0 Å². The third kappa shape index (κ3) is 8.13. The number of hydrogen-bond donors (Lipinski definition) is 5. The summed E-state index contributed by atoms with van der Waals surface area (Å²) in [7, 11) is -9.79. The Labute approximate surface area is 354 Å². The summed E-state index contributed by atoms with van der Waals surface area (Å²) in [5.41, 5.74) is 5.48. The number of aliphatic imine (C=N–C) groups is 1. The Balaban J connectivity index is 0.000000296. The largest absolute Gasteiger partial charge is 1.00 e. The Hall–Kier alpha value is -1.47. The smallest absolute Gasteiger partial charge is 0.865 e. The molecule has 2 aliphatic heterocycles. The van der Waals surface area contributed by atoms with Crippen LogP contribution in [0.2, 0.25) is 0 Å². The van der Waals surface area contributed by atoms with E-state index in [1.54, 1.807) is 6.07 Å². The van der Waals surface area contributed by atoms with Crippen LogP contribution in [0.25, 0.3) is 21.5 Å². The van der Waals surface area contributed by atoms with Crippen molar-refractivity contribution in [1.82, 2.24) is 5.32 Å². The quantitative estimate of drug-likeness (QED) is 0.0525. The maximum atomic E-state index is 12.2. The molecule has 6 N–H and O–H groups in total. The first-order chi connectivity index (χ1) is 21.1. The van der Waals surface area contributed by atoms with E-state index in [-0.39, 0.29) is 138 Å². The molecule has 1 unspecified atom stereocenters. The van der Waals surface area contributed by atoms with E-state index in [1.165, 1.54) is 0 Å².